The van der Waals surface area contributed by atoms with Gasteiger partial charge in [0.15, 0.2) is 5.65 Å². The molecule has 1 aromatic carbocycles. The lowest BCUT2D eigenvalue weighted by atomic mass is 10.1. The summed E-state index contributed by atoms with van der Waals surface area (Å²) in [7, 11) is 1.96. The molecule has 0 spiro atoms. The first-order chi connectivity index (χ1) is 20.0. The zero-order valence-corrected chi connectivity index (χ0v) is 22.6. The summed E-state index contributed by atoms with van der Waals surface area (Å²) in [6, 6.07) is 17.5. The van der Waals surface area contributed by atoms with Crippen molar-refractivity contribution in [2.24, 2.45) is 4.99 Å². The number of fused-ring (bicyclic) bond motifs is 2. The highest BCUT2D eigenvalue weighted by Gasteiger charge is 2.16. The summed E-state index contributed by atoms with van der Waals surface area (Å²) >= 11 is 0. The number of amides is 1. The van der Waals surface area contributed by atoms with E-state index < -0.39 is 0 Å². The van der Waals surface area contributed by atoms with Crippen molar-refractivity contribution >= 4 is 46.1 Å². The summed E-state index contributed by atoms with van der Waals surface area (Å²) in [5.74, 6) is -0.107. The van der Waals surface area contributed by atoms with Crippen LogP contribution in [0.4, 0.5) is 11.4 Å². The number of H-pyrrole nitrogens is 2. The van der Waals surface area contributed by atoms with E-state index in [4.69, 9.17) is 0 Å². The minimum absolute atomic E-state index is 0.107. The summed E-state index contributed by atoms with van der Waals surface area (Å²) in [4.78, 5) is 35.4. The Morgan fingerprint density at radius 2 is 1.85 bits per heavy atom. The van der Waals surface area contributed by atoms with Gasteiger partial charge in [-0.15, -0.1) is 0 Å². The topological polar surface area (TPSA) is 128 Å². The summed E-state index contributed by atoms with van der Waals surface area (Å²) in [6.07, 6.45) is 9.11. The minimum Gasteiger partial charge on any atom is -0.349 e. The van der Waals surface area contributed by atoms with Gasteiger partial charge in [-0.3, -0.25) is 19.9 Å². The lowest BCUT2D eigenvalue weighted by molar-refractivity contribution is -0.115. The van der Waals surface area contributed by atoms with Crippen molar-refractivity contribution in [1.29, 1.82) is 0 Å². The van der Waals surface area contributed by atoms with Crippen LogP contribution < -0.4 is 10.2 Å². The fourth-order valence-corrected chi connectivity index (χ4v) is 4.76. The molecule has 0 saturated carbocycles. The largest absolute Gasteiger partial charge is 0.349 e. The third-order valence-corrected chi connectivity index (χ3v) is 6.75. The summed E-state index contributed by atoms with van der Waals surface area (Å²) in [6.45, 7) is 5.49. The Morgan fingerprint density at radius 3 is 2.68 bits per heavy atom. The third kappa shape index (κ3) is 5.30. The predicted molar refractivity (Wildman–Crippen MR) is 163 cm³/mol. The van der Waals surface area contributed by atoms with Crippen molar-refractivity contribution in [3.8, 4) is 22.5 Å². The summed E-state index contributed by atoms with van der Waals surface area (Å²) in [5.41, 5.74) is 7.93. The van der Waals surface area contributed by atoms with Gasteiger partial charge in [0.25, 0.3) is 0 Å². The molecular formula is C31H27N9O. The molecule has 5 aromatic heterocycles. The van der Waals surface area contributed by atoms with Crippen molar-refractivity contribution in [3.05, 3.63) is 96.8 Å². The van der Waals surface area contributed by atoms with Crippen molar-refractivity contribution in [2.45, 2.75) is 13.3 Å². The molecule has 202 valence electrons. The maximum Gasteiger partial charge on any atom is 0.228 e. The van der Waals surface area contributed by atoms with Gasteiger partial charge in [-0.25, -0.2) is 9.97 Å². The van der Waals surface area contributed by atoms with Gasteiger partial charge in [0, 0.05) is 53.7 Å². The van der Waals surface area contributed by atoms with E-state index in [0.717, 1.165) is 55.9 Å². The molecular weight excluding hydrogens is 514 g/mol. The Balaban J connectivity index is 1.31. The molecule has 0 fully saturated rings. The van der Waals surface area contributed by atoms with Gasteiger partial charge < -0.3 is 15.2 Å². The number of aromatic nitrogens is 6. The Hall–Kier alpha value is -5.64. The minimum atomic E-state index is -0.107. The molecule has 0 atom stereocenters. The standard InChI is InChI=1S/C31H27N9O/c1-19(32-2)18-40(3)27-9-10-34-30-24(27)14-26(37-30)29-25-13-22(16-35-31(25)39-38-29)21-12-23(17-33-15-21)36-28(41)11-20-7-5-4-6-8-20/h4-10,12-18H,2,11H2,1,3H3,(H,34,37)(H,36,41)(H,35,38,39)/b19-18-. The molecule has 0 bridgehead atoms. The average Bonchev–Trinajstić information content (AvgIpc) is 3.61. The van der Waals surface area contributed by atoms with Crippen LogP contribution in [0.1, 0.15) is 12.5 Å². The highest BCUT2D eigenvalue weighted by Crippen LogP contribution is 2.33. The molecule has 0 aliphatic carbocycles. The van der Waals surface area contributed by atoms with Crippen molar-refractivity contribution in [3.63, 3.8) is 0 Å². The van der Waals surface area contributed by atoms with E-state index >= 15 is 0 Å². The number of carbonyl (C=O) groups excluding carboxylic acids is 1. The molecule has 6 rings (SSSR count). The maximum atomic E-state index is 12.6. The Kier molecular flexibility index (Phi) is 6.78. The molecule has 0 aliphatic rings. The molecule has 0 aliphatic heterocycles. The zero-order valence-electron chi connectivity index (χ0n) is 22.6. The Bertz CT molecular complexity index is 1920. The van der Waals surface area contributed by atoms with Gasteiger partial charge in [0.05, 0.1) is 35.4 Å². The lowest BCUT2D eigenvalue weighted by Gasteiger charge is -2.15. The second-order valence-electron chi connectivity index (χ2n) is 9.68. The Labute approximate surface area is 235 Å². The SMILES string of the molecule is C=N/C(C)=C\N(C)c1ccnc2[nH]c(-c3n[nH]c4ncc(-c5cncc(NC(=O)Cc6ccccc6)c5)cc34)cc12. The van der Waals surface area contributed by atoms with Gasteiger partial charge in [-0.2, -0.15) is 5.10 Å². The number of pyridine rings is 3. The second-order valence-corrected chi connectivity index (χ2v) is 9.68. The zero-order chi connectivity index (χ0) is 28.3. The van der Waals surface area contributed by atoms with E-state index in [1.165, 1.54) is 0 Å². The first-order valence-corrected chi connectivity index (χ1v) is 13.0. The number of aliphatic imine (C=N–C) groups is 1. The molecule has 0 unspecified atom stereocenters. The smallest absolute Gasteiger partial charge is 0.228 e. The van der Waals surface area contributed by atoms with Gasteiger partial charge in [-0.05, 0) is 43.5 Å². The molecule has 3 N–H and O–H groups in total. The van der Waals surface area contributed by atoms with Gasteiger partial charge in [0.1, 0.15) is 11.3 Å². The first kappa shape index (κ1) is 25.6. The van der Waals surface area contributed by atoms with Crippen LogP contribution in [-0.2, 0) is 11.2 Å². The fourth-order valence-electron chi connectivity index (χ4n) is 4.76. The van der Waals surface area contributed by atoms with Crippen LogP contribution in [0.25, 0.3) is 44.6 Å². The van der Waals surface area contributed by atoms with Crippen molar-refractivity contribution < 1.29 is 4.79 Å². The van der Waals surface area contributed by atoms with E-state index in [1.807, 2.05) is 79.7 Å². The number of aromatic amines is 2. The first-order valence-electron chi connectivity index (χ1n) is 13.0. The van der Waals surface area contributed by atoms with Crippen LogP contribution in [0, 0.1) is 0 Å². The molecule has 10 heteroatoms. The molecule has 0 radical (unpaired) electrons. The van der Waals surface area contributed by atoms with Gasteiger partial charge in [0.2, 0.25) is 5.91 Å². The number of nitrogens with one attached hydrogen (secondary N) is 3. The van der Waals surface area contributed by atoms with Crippen LogP contribution in [0.15, 0.2) is 96.3 Å². The molecule has 10 nitrogen and oxygen atoms in total. The van der Waals surface area contributed by atoms with E-state index in [9.17, 15) is 4.79 Å². The predicted octanol–water partition coefficient (Wildman–Crippen LogP) is 5.74. The molecule has 41 heavy (non-hydrogen) atoms. The fraction of sp³-hybridized carbons (Fsp3) is 0.0968. The number of rotatable bonds is 8. The van der Waals surface area contributed by atoms with Crippen LogP contribution in [0.2, 0.25) is 0 Å². The number of nitrogens with zero attached hydrogens (tertiary/aromatic N) is 6. The van der Waals surface area contributed by atoms with Gasteiger partial charge in [-0.1, -0.05) is 30.3 Å². The third-order valence-electron chi connectivity index (χ3n) is 6.75. The van der Waals surface area contributed by atoms with E-state index in [-0.39, 0.29) is 12.3 Å². The number of benzene rings is 1. The second kappa shape index (κ2) is 10.9. The molecule has 6 aromatic rings. The van der Waals surface area contributed by atoms with Crippen LogP contribution >= 0.6 is 0 Å². The quantitative estimate of drug-likeness (QED) is 0.211. The summed E-state index contributed by atoms with van der Waals surface area (Å²) in [5, 5.41) is 12.3. The van der Waals surface area contributed by atoms with Crippen LogP contribution in [-0.4, -0.2) is 49.8 Å². The highest BCUT2D eigenvalue weighted by molar-refractivity contribution is 5.99. The average molecular weight is 542 g/mol. The van der Waals surface area contributed by atoms with E-state index in [1.54, 1.807) is 24.8 Å². The number of carbonyl (C=O) groups is 1. The molecule has 1 amide bonds. The monoisotopic (exact) mass is 541 g/mol. The van der Waals surface area contributed by atoms with Crippen LogP contribution in [0.5, 0.6) is 0 Å². The number of anilines is 2. The lowest BCUT2D eigenvalue weighted by Crippen LogP contribution is -2.14. The van der Waals surface area contributed by atoms with E-state index in [2.05, 4.69) is 47.2 Å². The van der Waals surface area contributed by atoms with Crippen molar-refractivity contribution in [1.82, 2.24) is 30.1 Å². The summed E-state index contributed by atoms with van der Waals surface area (Å²) < 4.78 is 0. The Morgan fingerprint density at radius 1 is 1.02 bits per heavy atom. The van der Waals surface area contributed by atoms with Crippen LogP contribution in [0.3, 0.4) is 0 Å². The maximum absolute atomic E-state index is 12.6. The van der Waals surface area contributed by atoms with Crippen molar-refractivity contribution in [2.75, 3.05) is 17.3 Å². The highest BCUT2D eigenvalue weighted by atomic mass is 16.1. The molecule has 5 heterocycles. The number of hydrogen-bond donors (Lipinski definition) is 3. The normalized spacial score (nSPS) is 11.6. The molecule has 0 saturated heterocycles. The number of hydrogen-bond acceptors (Lipinski definition) is 7. The van der Waals surface area contributed by atoms with E-state index in [0.29, 0.717) is 11.3 Å². The number of allylic oxidation sites excluding steroid dienone is 1. The van der Waals surface area contributed by atoms with Gasteiger partial charge >= 0.3 is 0 Å².